The Morgan fingerprint density at radius 2 is 1.89 bits per heavy atom. The van der Waals surface area contributed by atoms with E-state index in [1.807, 2.05) is 79.9 Å². The molecule has 0 bridgehead atoms. The average molecular weight is 486 g/mol. The van der Waals surface area contributed by atoms with Gasteiger partial charge in [-0.1, -0.05) is 36.4 Å². The molecule has 0 aliphatic carbocycles. The van der Waals surface area contributed by atoms with Crippen LogP contribution in [0.3, 0.4) is 0 Å². The van der Waals surface area contributed by atoms with E-state index < -0.39 is 0 Å². The molecule has 0 spiro atoms. The number of hydrogen-bond donors (Lipinski definition) is 1. The van der Waals surface area contributed by atoms with E-state index in [4.69, 9.17) is 9.47 Å². The molecule has 0 aliphatic heterocycles. The first-order chi connectivity index (χ1) is 17.1. The van der Waals surface area contributed by atoms with E-state index in [2.05, 4.69) is 15.3 Å². The number of benzene rings is 2. The van der Waals surface area contributed by atoms with Gasteiger partial charge in [0.2, 0.25) is 5.91 Å². The van der Waals surface area contributed by atoms with E-state index in [1.54, 1.807) is 29.8 Å². The van der Waals surface area contributed by atoms with Gasteiger partial charge in [-0.05, 0) is 49.8 Å². The number of ether oxygens (including phenoxy) is 2. The fourth-order valence-corrected chi connectivity index (χ4v) is 3.99. The number of nitrogens with one attached hydrogen (secondary N) is 1. The van der Waals surface area contributed by atoms with Crippen molar-refractivity contribution in [3.05, 3.63) is 112 Å². The van der Waals surface area contributed by atoms with Crippen LogP contribution in [-0.4, -0.2) is 15.9 Å². The zero-order chi connectivity index (χ0) is 24.5. The van der Waals surface area contributed by atoms with Crippen LogP contribution in [0.4, 0.5) is 0 Å². The first-order valence-electron chi connectivity index (χ1n) is 11.3. The van der Waals surface area contributed by atoms with Crippen molar-refractivity contribution in [1.29, 1.82) is 0 Å². The highest BCUT2D eigenvalue weighted by Gasteiger charge is 2.09. The summed E-state index contributed by atoms with van der Waals surface area (Å²) in [5.41, 5.74) is 3.72. The summed E-state index contributed by atoms with van der Waals surface area (Å²) in [7, 11) is 0. The predicted molar refractivity (Wildman–Crippen MR) is 138 cm³/mol. The highest BCUT2D eigenvalue weighted by molar-refractivity contribution is 7.09. The van der Waals surface area contributed by atoms with Crippen LogP contribution in [-0.2, 0) is 18.0 Å². The molecule has 4 aromatic rings. The van der Waals surface area contributed by atoms with Crippen molar-refractivity contribution in [2.75, 3.05) is 0 Å². The number of aryl methyl sites for hydroxylation is 1. The maximum absolute atomic E-state index is 12.5. The summed E-state index contributed by atoms with van der Waals surface area (Å²) < 4.78 is 11.7. The number of para-hydroxylation sites is 1. The Kier molecular flexibility index (Phi) is 8.25. The van der Waals surface area contributed by atoms with Gasteiger partial charge in [-0.3, -0.25) is 9.78 Å². The minimum atomic E-state index is -0.181. The van der Waals surface area contributed by atoms with Gasteiger partial charge < -0.3 is 14.8 Å². The summed E-state index contributed by atoms with van der Waals surface area (Å²) in [6.45, 7) is 4.76. The molecule has 178 valence electrons. The number of thiazole rings is 1. The largest absolute Gasteiger partial charge is 0.489 e. The van der Waals surface area contributed by atoms with Crippen molar-refractivity contribution in [1.82, 2.24) is 15.3 Å². The molecule has 4 rings (SSSR count). The lowest BCUT2D eigenvalue weighted by atomic mass is 10.1. The lowest BCUT2D eigenvalue weighted by Crippen LogP contribution is -2.24. The molecule has 0 aliphatic rings. The molecule has 0 saturated heterocycles. The zero-order valence-electron chi connectivity index (χ0n) is 19.7. The highest BCUT2D eigenvalue weighted by atomic mass is 32.1. The molecule has 7 heteroatoms. The monoisotopic (exact) mass is 485 g/mol. The Bertz CT molecular complexity index is 1270. The van der Waals surface area contributed by atoms with Crippen molar-refractivity contribution in [2.24, 2.45) is 0 Å². The number of amides is 1. The number of nitrogens with zero attached hydrogens (tertiary/aromatic N) is 2. The zero-order valence-corrected chi connectivity index (χ0v) is 20.5. The summed E-state index contributed by atoms with van der Waals surface area (Å²) in [5, 5.41) is 6.00. The second kappa shape index (κ2) is 11.9. The summed E-state index contributed by atoms with van der Waals surface area (Å²) in [4.78, 5) is 21.1. The third-order valence-electron chi connectivity index (χ3n) is 5.24. The normalized spacial score (nSPS) is 11.8. The molecule has 0 saturated carbocycles. The Hall–Kier alpha value is -3.97. The van der Waals surface area contributed by atoms with Gasteiger partial charge in [0, 0.05) is 35.0 Å². The van der Waals surface area contributed by atoms with E-state index in [-0.39, 0.29) is 11.9 Å². The smallest absolute Gasteiger partial charge is 0.244 e. The van der Waals surface area contributed by atoms with Crippen LogP contribution in [0, 0.1) is 6.92 Å². The Labute approximate surface area is 209 Å². The molecular weight excluding hydrogens is 458 g/mol. The van der Waals surface area contributed by atoms with Crippen LogP contribution in [0.1, 0.15) is 40.4 Å². The number of carbonyl (C=O) groups excluding carboxylic acids is 1. The van der Waals surface area contributed by atoms with Crippen molar-refractivity contribution in [2.45, 2.75) is 33.1 Å². The molecule has 1 amide bonds. The van der Waals surface area contributed by atoms with Gasteiger partial charge in [0.25, 0.3) is 0 Å². The van der Waals surface area contributed by atoms with E-state index >= 15 is 0 Å². The van der Waals surface area contributed by atoms with Gasteiger partial charge in [-0.25, -0.2) is 4.98 Å². The molecule has 35 heavy (non-hydrogen) atoms. The number of carbonyl (C=O) groups is 1. The van der Waals surface area contributed by atoms with Crippen LogP contribution in [0.15, 0.2) is 84.5 Å². The lowest BCUT2D eigenvalue weighted by molar-refractivity contribution is -0.117. The third kappa shape index (κ3) is 7.25. The molecule has 6 nitrogen and oxygen atoms in total. The number of rotatable bonds is 10. The second-order valence-electron chi connectivity index (χ2n) is 7.97. The maximum Gasteiger partial charge on any atom is 0.244 e. The van der Waals surface area contributed by atoms with Gasteiger partial charge in [0.05, 0.1) is 16.7 Å². The van der Waals surface area contributed by atoms with Crippen molar-refractivity contribution < 1.29 is 14.3 Å². The van der Waals surface area contributed by atoms with E-state index in [0.717, 1.165) is 33.1 Å². The lowest BCUT2D eigenvalue weighted by Gasteiger charge is -2.14. The fraction of sp³-hybridized carbons (Fsp3) is 0.179. The molecule has 1 atom stereocenters. The van der Waals surface area contributed by atoms with Crippen LogP contribution in [0.25, 0.3) is 6.08 Å². The van der Waals surface area contributed by atoms with Crippen LogP contribution in [0.2, 0.25) is 0 Å². The standard InChI is InChI=1S/C28H27N3O3S/c1-20(23-9-12-26(13-10-23)33-17-22-6-5-15-29-16-22)30-28(32)14-11-24-7-3-4-8-27(24)34-18-25-19-35-21(2)31-25/h3-16,19-20H,17-18H2,1-2H3,(H,30,32). The molecule has 2 aromatic carbocycles. The number of hydrogen-bond acceptors (Lipinski definition) is 6. The molecule has 0 fully saturated rings. The Balaban J connectivity index is 1.30. The van der Waals surface area contributed by atoms with Crippen LogP contribution < -0.4 is 14.8 Å². The van der Waals surface area contributed by atoms with Crippen molar-refractivity contribution in [3.63, 3.8) is 0 Å². The highest BCUT2D eigenvalue weighted by Crippen LogP contribution is 2.22. The first kappa shape index (κ1) is 24.2. The van der Waals surface area contributed by atoms with Gasteiger partial charge in [-0.2, -0.15) is 0 Å². The van der Waals surface area contributed by atoms with Crippen LogP contribution in [0.5, 0.6) is 11.5 Å². The summed E-state index contributed by atoms with van der Waals surface area (Å²) in [6, 6.07) is 19.0. The first-order valence-corrected chi connectivity index (χ1v) is 12.2. The molecule has 1 N–H and O–H groups in total. The van der Waals surface area contributed by atoms with Gasteiger partial charge in [-0.15, -0.1) is 11.3 Å². The molecule has 0 radical (unpaired) electrons. The van der Waals surface area contributed by atoms with E-state index in [0.29, 0.717) is 19.0 Å². The SMILES string of the molecule is Cc1nc(COc2ccccc2C=CC(=O)NC(C)c2ccc(OCc3cccnc3)cc2)cs1. The number of pyridine rings is 1. The van der Waals surface area contributed by atoms with Crippen molar-refractivity contribution >= 4 is 23.3 Å². The maximum atomic E-state index is 12.5. The third-order valence-corrected chi connectivity index (χ3v) is 6.06. The Morgan fingerprint density at radius 3 is 2.63 bits per heavy atom. The average Bonchev–Trinajstić information content (AvgIpc) is 3.31. The quantitative estimate of drug-likeness (QED) is 0.283. The molecule has 2 heterocycles. The fourth-order valence-electron chi connectivity index (χ4n) is 3.39. The van der Waals surface area contributed by atoms with E-state index in [9.17, 15) is 4.79 Å². The van der Waals surface area contributed by atoms with Gasteiger partial charge in [0.15, 0.2) is 0 Å². The minimum Gasteiger partial charge on any atom is -0.489 e. The Morgan fingerprint density at radius 1 is 1.06 bits per heavy atom. The van der Waals surface area contributed by atoms with E-state index in [1.165, 1.54) is 6.08 Å². The number of aromatic nitrogens is 2. The molecule has 2 aromatic heterocycles. The second-order valence-corrected chi connectivity index (χ2v) is 9.03. The van der Waals surface area contributed by atoms with Crippen molar-refractivity contribution in [3.8, 4) is 11.5 Å². The summed E-state index contributed by atoms with van der Waals surface area (Å²) >= 11 is 1.60. The summed E-state index contributed by atoms with van der Waals surface area (Å²) in [6.07, 6.45) is 6.81. The van der Waals surface area contributed by atoms with Crippen LogP contribution >= 0.6 is 11.3 Å². The summed E-state index contributed by atoms with van der Waals surface area (Å²) in [5.74, 6) is 1.29. The predicted octanol–water partition coefficient (Wildman–Crippen LogP) is 5.90. The van der Waals surface area contributed by atoms with Gasteiger partial charge >= 0.3 is 0 Å². The topological polar surface area (TPSA) is 73.3 Å². The molecular formula is C28H27N3O3S. The minimum absolute atomic E-state index is 0.154. The molecule has 1 unspecified atom stereocenters. The van der Waals surface area contributed by atoms with Gasteiger partial charge in [0.1, 0.15) is 24.7 Å².